The van der Waals surface area contributed by atoms with Gasteiger partial charge in [-0.15, -0.1) is 11.3 Å². The van der Waals surface area contributed by atoms with Crippen LogP contribution in [0.1, 0.15) is 30.2 Å². The number of thiophene rings is 1. The maximum absolute atomic E-state index is 12.9. The number of nitrogens with one attached hydrogen (secondary N) is 1. The van der Waals surface area contributed by atoms with Crippen LogP contribution in [0.5, 0.6) is 0 Å². The second-order valence-electron chi connectivity index (χ2n) is 10.5. The summed E-state index contributed by atoms with van der Waals surface area (Å²) in [6.45, 7) is 2.45. The number of hydrogen-bond acceptors (Lipinski definition) is 6. The van der Waals surface area contributed by atoms with Crippen LogP contribution < -0.4 is 21.5 Å². The molecular weight excluding hydrogens is 563 g/mol. The van der Waals surface area contributed by atoms with Gasteiger partial charge in [0.1, 0.15) is 6.54 Å². The topological polar surface area (TPSA) is 72.2 Å². The van der Waals surface area contributed by atoms with Crippen LogP contribution in [0.25, 0.3) is 21.3 Å². The molecule has 6 rings (SSSR count). The van der Waals surface area contributed by atoms with Crippen LogP contribution in [-0.2, 0) is 19.5 Å². The van der Waals surface area contributed by atoms with Gasteiger partial charge in [-0.25, -0.2) is 4.79 Å². The second-order valence-corrected chi connectivity index (χ2v) is 12.1. The Labute approximate surface area is 236 Å². The molecule has 0 radical (unpaired) electrons. The summed E-state index contributed by atoms with van der Waals surface area (Å²) in [5.74, 6) is 0. The smallest absolute Gasteiger partial charge is 0.366 e. The van der Waals surface area contributed by atoms with Gasteiger partial charge in [-0.3, -0.25) is 18.9 Å². The Morgan fingerprint density at radius 3 is 2.75 bits per heavy atom. The van der Waals surface area contributed by atoms with Crippen LogP contribution in [0, 0.1) is 0 Å². The molecule has 0 saturated carbocycles. The molecule has 7 nitrogen and oxygen atoms in total. The lowest BCUT2D eigenvalue weighted by atomic mass is 9.92. The number of aryl methyl sites for hydroxylation is 1. The van der Waals surface area contributed by atoms with Crippen molar-refractivity contribution in [2.75, 3.05) is 18.0 Å². The molecule has 1 N–H and O–H groups in total. The molecule has 5 heterocycles. The molecule has 1 saturated heterocycles. The Morgan fingerprint density at radius 2 is 2.00 bits per heavy atom. The van der Waals surface area contributed by atoms with Crippen molar-refractivity contribution >= 4 is 38.8 Å². The van der Waals surface area contributed by atoms with Gasteiger partial charge in [0.05, 0.1) is 16.8 Å². The monoisotopic (exact) mass is 589 g/mol. The van der Waals surface area contributed by atoms with Gasteiger partial charge in [0.2, 0.25) is 0 Å². The zero-order chi connectivity index (χ0) is 28.2. The average Bonchev–Trinajstić information content (AvgIpc) is 3.52. The van der Waals surface area contributed by atoms with Gasteiger partial charge < -0.3 is 10.2 Å². The molecule has 0 unspecified atom stereocenters. The second kappa shape index (κ2) is 10.4. The summed E-state index contributed by atoms with van der Waals surface area (Å²) >= 11 is 8.00. The Hall–Kier alpha value is -3.15. The Kier molecular flexibility index (Phi) is 7.00. The van der Waals surface area contributed by atoms with Crippen LogP contribution in [-0.4, -0.2) is 45.5 Å². The number of rotatable bonds is 5. The lowest BCUT2D eigenvalue weighted by Crippen LogP contribution is -2.41. The molecule has 3 aromatic heterocycles. The van der Waals surface area contributed by atoms with Crippen LogP contribution in [0.4, 0.5) is 18.9 Å². The number of nitrogens with zero attached hydrogens (tertiary/aromatic N) is 4. The number of alkyl halides is 3. The molecule has 0 spiro atoms. The van der Waals surface area contributed by atoms with Gasteiger partial charge in [-0.2, -0.15) is 13.2 Å². The van der Waals surface area contributed by atoms with E-state index < -0.39 is 24.0 Å². The zero-order valence-corrected chi connectivity index (χ0v) is 23.2. The Balaban J connectivity index is 1.43. The summed E-state index contributed by atoms with van der Waals surface area (Å²) in [4.78, 5) is 32.9. The highest BCUT2D eigenvalue weighted by molar-refractivity contribution is 7.19. The molecule has 1 fully saturated rings. The summed E-state index contributed by atoms with van der Waals surface area (Å²) in [5, 5.41) is 4.21. The van der Waals surface area contributed by atoms with Crippen molar-refractivity contribution < 1.29 is 13.2 Å². The van der Waals surface area contributed by atoms with Crippen molar-refractivity contribution in [1.82, 2.24) is 19.4 Å². The molecular formula is C28H27ClF3N5O2S. The standard InChI is InChI=1S/C28H27ClF3N5O2S/c1-16-9-19(13-34-16)36-7-2-3-17-10-18(29)11-22(25(17)36)21-4-6-33-23-12-20(40-26(21)23)14-37-24(38)5-8-35(27(37)39)15-28(30,31)32/h4-6,8,10-12,16,19,34H,2-3,7,9,13-15H2,1H3/t16-,19+/m0/s1. The van der Waals surface area contributed by atoms with E-state index in [1.165, 1.54) is 22.6 Å². The van der Waals surface area contributed by atoms with E-state index in [-0.39, 0.29) is 6.54 Å². The minimum absolute atomic E-state index is 0.151. The van der Waals surface area contributed by atoms with E-state index in [0.717, 1.165) is 65.0 Å². The summed E-state index contributed by atoms with van der Waals surface area (Å²) in [7, 11) is 0. The van der Waals surface area contributed by atoms with Gasteiger partial charge in [0, 0.05) is 70.3 Å². The summed E-state index contributed by atoms with van der Waals surface area (Å²) < 4.78 is 41.0. The Bertz CT molecular complexity index is 1710. The largest absolute Gasteiger partial charge is 0.406 e. The number of pyridine rings is 1. The maximum Gasteiger partial charge on any atom is 0.406 e. The van der Waals surface area contributed by atoms with E-state index in [1.807, 2.05) is 18.2 Å². The van der Waals surface area contributed by atoms with Crippen LogP contribution in [0.15, 0.2) is 52.3 Å². The first-order chi connectivity index (χ1) is 19.1. The van der Waals surface area contributed by atoms with Crippen molar-refractivity contribution in [1.29, 1.82) is 0 Å². The summed E-state index contributed by atoms with van der Waals surface area (Å²) in [6.07, 6.45) is 1.05. The van der Waals surface area contributed by atoms with Crippen molar-refractivity contribution in [3.8, 4) is 11.1 Å². The minimum atomic E-state index is -4.58. The van der Waals surface area contributed by atoms with Gasteiger partial charge in [0.25, 0.3) is 5.56 Å². The summed E-state index contributed by atoms with van der Waals surface area (Å²) in [6, 6.07) is 9.56. The molecule has 210 valence electrons. The quantitative estimate of drug-likeness (QED) is 0.353. The van der Waals surface area contributed by atoms with Crippen LogP contribution >= 0.6 is 22.9 Å². The first kappa shape index (κ1) is 27.0. The predicted octanol–water partition coefficient (Wildman–Crippen LogP) is 5.05. The van der Waals surface area contributed by atoms with Crippen LogP contribution in [0.3, 0.4) is 0 Å². The maximum atomic E-state index is 12.9. The number of anilines is 1. The zero-order valence-electron chi connectivity index (χ0n) is 21.7. The van der Waals surface area contributed by atoms with Crippen molar-refractivity contribution in [3.63, 3.8) is 0 Å². The fraction of sp³-hybridized carbons (Fsp3) is 0.393. The van der Waals surface area contributed by atoms with E-state index in [4.69, 9.17) is 11.6 Å². The highest BCUT2D eigenvalue weighted by Crippen LogP contribution is 2.44. The lowest BCUT2D eigenvalue weighted by Gasteiger charge is -2.38. The third-order valence-electron chi connectivity index (χ3n) is 7.61. The highest BCUT2D eigenvalue weighted by atomic mass is 35.5. The fourth-order valence-electron chi connectivity index (χ4n) is 5.91. The Morgan fingerprint density at radius 1 is 1.18 bits per heavy atom. The number of aromatic nitrogens is 3. The van der Waals surface area contributed by atoms with Crippen molar-refractivity contribution in [2.24, 2.45) is 0 Å². The first-order valence-electron chi connectivity index (χ1n) is 13.1. The molecule has 0 aliphatic carbocycles. The predicted molar refractivity (Wildman–Crippen MR) is 152 cm³/mol. The third kappa shape index (κ3) is 5.17. The number of benzene rings is 1. The van der Waals surface area contributed by atoms with Gasteiger partial charge in [-0.1, -0.05) is 11.6 Å². The molecule has 1 aromatic carbocycles. The average molecular weight is 590 g/mol. The van der Waals surface area contributed by atoms with E-state index in [0.29, 0.717) is 32.1 Å². The van der Waals surface area contributed by atoms with Crippen molar-refractivity contribution in [3.05, 3.63) is 79.0 Å². The third-order valence-corrected chi connectivity index (χ3v) is 8.97. The van der Waals surface area contributed by atoms with Crippen molar-refractivity contribution in [2.45, 2.75) is 57.5 Å². The molecule has 40 heavy (non-hydrogen) atoms. The molecule has 2 atom stereocenters. The normalized spacial score (nSPS) is 19.4. The van der Waals surface area contributed by atoms with E-state index >= 15 is 0 Å². The number of halogens is 4. The highest BCUT2D eigenvalue weighted by Gasteiger charge is 2.32. The van der Waals surface area contributed by atoms with Crippen LogP contribution in [0.2, 0.25) is 5.02 Å². The number of hydrogen-bond donors (Lipinski definition) is 1. The molecule has 4 aromatic rings. The fourth-order valence-corrected chi connectivity index (χ4v) is 7.28. The van der Waals surface area contributed by atoms with Gasteiger partial charge in [0.15, 0.2) is 0 Å². The first-order valence-corrected chi connectivity index (χ1v) is 14.3. The molecule has 0 bridgehead atoms. The van der Waals surface area contributed by atoms with Gasteiger partial charge >= 0.3 is 11.9 Å². The van der Waals surface area contributed by atoms with E-state index in [9.17, 15) is 22.8 Å². The molecule has 2 aliphatic heterocycles. The minimum Gasteiger partial charge on any atom is -0.366 e. The summed E-state index contributed by atoms with van der Waals surface area (Å²) in [5.41, 5.74) is 3.35. The molecule has 0 amide bonds. The van der Waals surface area contributed by atoms with Gasteiger partial charge in [-0.05, 0) is 56.0 Å². The lowest BCUT2D eigenvalue weighted by molar-refractivity contribution is -0.141. The van der Waals surface area contributed by atoms with E-state index in [1.54, 1.807) is 12.3 Å². The SMILES string of the molecule is C[C@H]1C[C@@H](N2CCCc3cc(Cl)cc(-c4ccnc5cc(Cn6c(=O)ccn(CC(F)(F)F)c6=O)sc45)c32)CN1. The number of fused-ring (bicyclic) bond motifs is 2. The van der Waals surface area contributed by atoms with E-state index in [2.05, 4.69) is 22.1 Å². The molecule has 12 heteroatoms. The molecule has 2 aliphatic rings.